The van der Waals surface area contributed by atoms with Crippen molar-refractivity contribution in [1.29, 1.82) is 0 Å². The zero-order valence-corrected chi connectivity index (χ0v) is 13.7. The summed E-state index contributed by atoms with van der Waals surface area (Å²) in [5, 5.41) is 2.80. The lowest BCUT2D eigenvalue weighted by Crippen LogP contribution is -2.40. The van der Waals surface area contributed by atoms with Crippen molar-refractivity contribution in [3.05, 3.63) is 45.9 Å². The first kappa shape index (κ1) is 15.7. The Balaban J connectivity index is 1.79. The minimum atomic E-state index is -0.441. The number of hydrogen-bond donors (Lipinski definition) is 1. The normalized spacial score (nSPS) is 17.6. The minimum Gasteiger partial charge on any atom is -0.344 e. The molecule has 2 amide bonds. The average molecular weight is 332 g/mol. The SMILES string of the molecule is Cc1sc(C(=O)NC2CCN(C)C2=O)cc1-c1ccc(F)cc1. The number of halogens is 1. The maximum absolute atomic E-state index is 13.0. The summed E-state index contributed by atoms with van der Waals surface area (Å²) < 4.78 is 13.0. The Morgan fingerprint density at radius 1 is 1.35 bits per heavy atom. The molecule has 1 atom stereocenters. The highest BCUT2D eigenvalue weighted by Gasteiger charge is 2.30. The largest absolute Gasteiger partial charge is 0.344 e. The lowest BCUT2D eigenvalue weighted by molar-refractivity contribution is -0.128. The average Bonchev–Trinajstić information content (AvgIpc) is 3.06. The molecule has 1 unspecified atom stereocenters. The van der Waals surface area contributed by atoms with Gasteiger partial charge in [0.2, 0.25) is 5.91 Å². The Morgan fingerprint density at radius 2 is 2.04 bits per heavy atom. The zero-order valence-electron chi connectivity index (χ0n) is 12.9. The molecule has 1 aromatic carbocycles. The summed E-state index contributed by atoms with van der Waals surface area (Å²) in [5.41, 5.74) is 1.78. The maximum atomic E-state index is 13.0. The molecule has 1 saturated heterocycles. The van der Waals surface area contributed by atoms with Gasteiger partial charge in [-0.05, 0) is 42.7 Å². The molecule has 0 aliphatic carbocycles. The molecule has 1 aliphatic rings. The Bertz CT molecular complexity index is 754. The summed E-state index contributed by atoms with van der Waals surface area (Å²) >= 11 is 1.38. The van der Waals surface area contributed by atoms with E-state index < -0.39 is 6.04 Å². The minimum absolute atomic E-state index is 0.0506. The number of thiophene rings is 1. The second-order valence-corrected chi connectivity index (χ2v) is 6.92. The van der Waals surface area contributed by atoms with Crippen LogP contribution in [0, 0.1) is 12.7 Å². The summed E-state index contributed by atoms with van der Waals surface area (Å²) in [6, 6.07) is 7.55. The van der Waals surface area contributed by atoms with Crippen LogP contribution in [-0.4, -0.2) is 36.3 Å². The van der Waals surface area contributed by atoms with Crippen molar-refractivity contribution in [3.63, 3.8) is 0 Å². The van der Waals surface area contributed by atoms with Crippen molar-refractivity contribution < 1.29 is 14.0 Å². The van der Waals surface area contributed by atoms with Gasteiger partial charge in [0.15, 0.2) is 0 Å². The molecule has 0 bridgehead atoms. The number of benzene rings is 1. The standard InChI is InChI=1S/C17H17FN2O2S/c1-10-13(11-3-5-12(18)6-4-11)9-15(23-10)16(21)19-14-7-8-20(2)17(14)22/h3-6,9,14H,7-8H2,1-2H3,(H,19,21). The van der Waals surface area contributed by atoms with E-state index in [0.717, 1.165) is 16.0 Å². The summed E-state index contributed by atoms with van der Waals surface area (Å²) in [4.78, 5) is 27.4. The maximum Gasteiger partial charge on any atom is 0.262 e. The van der Waals surface area contributed by atoms with Crippen LogP contribution >= 0.6 is 11.3 Å². The van der Waals surface area contributed by atoms with Gasteiger partial charge < -0.3 is 10.2 Å². The fourth-order valence-corrected chi connectivity index (χ4v) is 3.64. The van der Waals surface area contributed by atoms with Crippen molar-refractivity contribution in [2.75, 3.05) is 13.6 Å². The number of nitrogens with one attached hydrogen (secondary N) is 1. The number of nitrogens with zero attached hydrogens (tertiary/aromatic N) is 1. The van der Waals surface area contributed by atoms with Gasteiger partial charge in [-0.1, -0.05) is 12.1 Å². The number of likely N-dealkylation sites (N-methyl/N-ethyl adjacent to an activating group) is 1. The molecule has 1 N–H and O–H groups in total. The van der Waals surface area contributed by atoms with E-state index >= 15 is 0 Å². The van der Waals surface area contributed by atoms with Gasteiger partial charge in [0.25, 0.3) is 5.91 Å². The van der Waals surface area contributed by atoms with Gasteiger partial charge in [-0.3, -0.25) is 9.59 Å². The molecule has 23 heavy (non-hydrogen) atoms. The van der Waals surface area contributed by atoms with E-state index in [9.17, 15) is 14.0 Å². The number of rotatable bonds is 3. The van der Waals surface area contributed by atoms with Crippen LogP contribution in [0.1, 0.15) is 21.0 Å². The summed E-state index contributed by atoms with van der Waals surface area (Å²) in [7, 11) is 1.73. The van der Waals surface area contributed by atoms with Crippen molar-refractivity contribution >= 4 is 23.2 Å². The fraction of sp³-hybridized carbons (Fsp3) is 0.294. The first-order chi connectivity index (χ1) is 11.0. The van der Waals surface area contributed by atoms with Crippen LogP contribution in [0.3, 0.4) is 0 Å². The molecule has 0 radical (unpaired) electrons. The van der Waals surface area contributed by atoms with E-state index in [1.54, 1.807) is 30.1 Å². The van der Waals surface area contributed by atoms with Gasteiger partial charge in [-0.2, -0.15) is 0 Å². The fourth-order valence-electron chi connectivity index (χ4n) is 2.70. The lowest BCUT2D eigenvalue weighted by atomic mass is 10.1. The number of amides is 2. The monoisotopic (exact) mass is 332 g/mol. The molecule has 3 rings (SSSR count). The molecule has 1 fully saturated rings. The Morgan fingerprint density at radius 3 is 2.65 bits per heavy atom. The van der Waals surface area contributed by atoms with Crippen LogP contribution in [-0.2, 0) is 4.79 Å². The van der Waals surface area contributed by atoms with Crippen molar-refractivity contribution in [2.45, 2.75) is 19.4 Å². The smallest absolute Gasteiger partial charge is 0.262 e. The first-order valence-electron chi connectivity index (χ1n) is 7.38. The van der Waals surface area contributed by atoms with Crippen LogP contribution in [0.25, 0.3) is 11.1 Å². The van der Waals surface area contributed by atoms with E-state index in [1.807, 2.05) is 6.92 Å². The van der Waals surface area contributed by atoms with Crippen LogP contribution in [0.15, 0.2) is 30.3 Å². The molecule has 1 aromatic heterocycles. The molecule has 6 heteroatoms. The molecule has 120 valence electrons. The van der Waals surface area contributed by atoms with Gasteiger partial charge in [0, 0.05) is 18.5 Å². The first-order valence-corrected chi connectivity index (χ1v) is 8.19. The van der Waals surface area contributed by atoms with Gasteiger partial charge in [0.05, 0.1) is 4.88 Å². The molecule has 4 nitrogen and oxygen atoms in total. The van der Waals surface area contributed by atoms with Crippen LogP contribution in [0.4, 0.5) is 4.39 Å². The van der Waals surface area contributed by atoms with Gasteiger partial charge >= 0.3 is 0 Å². The second kappa shape index (κ2) is 6.12. The zero-order chi connectivity index (χ0) is 16.6. The quantitative estimate of drug-likeness (QED) is 0.940. The number of aryl methyl sites for hydroxylation is 1. The van der Waals surface area contributed by atoms with Crippen molar-refractivity contribution in [3.8, 4) is 11.1 Å². The highest BCUT2D eigenvalue weighted by atomic mass is 32.1. The van der Waals surface area contributed by atoms with Crippen LogP contribution < -0.4 is 5.32 Å². The van der Waals surface area contributed by atoms with E-state index in [0.29, 0.717) is 17.8 Å². The van der Waals surface area contributed by atoms with E-state index in [1.165, 1.54) is 23.5 Å². The third-order valence-electron chi connectivity index (χ3n) is 4.03. The number of hydrogen-bond acceptors (Lipinski definition) is 3. The van der Waals surface area contributed by atoms with Crippen molar-refractivity contribution in [2.24, 2.45) is 0 Å². The van der Waals surface area contributed by atoms with E-state index in [4.69, 9.17) is 0 Å². The highest BCUT2D eigenvalue weighted by Crippen LogP contribution is 2.31. The Hall–Kier alpha value is -2.21. The summed E-state index contributed by atoms with van der Waals surface area (Å²) in [5.74, 6) is -0.575. The van der Waals surface area contributed by atoms with Gasteiger partial charge in [0.1, 0.15) is 11.9 Å². The topological polar surface area (TPSA) is 49.4 Å². The third-order valence-corrected chi connectivity index (χ3v) is 5.08. The molecule has 2 aromatic rings. The predicted molar refractivity (Wildman–Crippen MR) is 88.0 cm³/mol. The molecular weight excluding hydrogens is 315 g/mol. The predicted octanol–water partition coefficient (Wildman–Crippen LogP) is 2.82. The summed E-state index contributed by atoms with van der Waals surface area (Å²) in [6.45, 7) is 2.59. The molecular formula is C17H17FN2O2S. The number of carbonyl (C=O) groups excluding carboxylic acids is 2. The van der Waals surface area contributed by atoms with Gasteiger partial charge in [-0.15, -0.1) is 11.3 Å². The van der Waals surface area contributed by atoms with E-state index in [2.05, 4.69) is 5.32 Å². The molecule has 0 saturated carbocycles. The molecule has 1 aliphatic heterocycles. The van der Waals surface area contributed by atoms with Crippen LogP contribution in [0.2, 0.25) is 0 Å². The lowest BCUT2D eigenvalue weighted by Gasteiger charge is -2.11. The summed E-state index contributed by atoms with van der Waals surface area (Å²) in [6.07, 6.45) is 0.635. The number of likely N-dealkylation sites (tertiary alicyclic amines) is 1. The molecule has 0 spiro atoms. The Labute approximate surface area is 137 Å². The Kier molecular flexibility index (Phi) is 4.17. The van der Waals surface area contributed by atoms with Crippen LogP contribution in [0.5, 0.6) is 0 Å². The van der Waals surface area contributed by atoms with E-state index in [-0.39, 0.29) is 17.6 Å². The van der Waals surface area contributed by atoms with Gasteiger partial charge in [-0.25, -0.2) is 4.39 Å². The van der Waals surface area contributed by atoms with Crippen molar-refractivity contribution in [1.82, 2.24) is 10.2 Å². The second-order valence-electron chi connectivity index (χ2n) is 5.66. The highest BCUT2D eigenvalue weighted by molar-refractivity contribution is 7.14. The molecule has 2 heterocycles. The third kappa shape index (κ3) is 3.12. The number of carbonyl (C=O) groups is 2.